The molecule has 3 N–H and O–H groups in total. The molecule has 2 aromatic rings. The Morgan fingerprint density at radius 3 is 2.64 bits per heavy atom. The van der Waals surface area contributed by atoms with Crippen LogP contribution < -0.4 is 11.3 Å². The number of H-pyrrole nitrogens is 1. The first-order valence-electron chi connectivity index (χ1n) is 8.39. The molecule has 7 heteroatoms. The molecule has 1 aromatic carbocycles. The second-order valence-corrected chi connectivity index (χ2v) is 6.70. The summed E-state index contributed by atoms with van der Waals surface area (Å²) in [4.78, 5) is 26.9. The van der Waals surface area contributed by atoms with Crippen molar-refractivity contribution in [1.29, 1.82) is 0 Å². The minimum absolute atomic E-state index is 0. The molecule has 1 amide bonds. The highest BCUT2D eigenvalue weighted by Crippen LogP contribution is 2.23. The van der Waals surface area contributed by atoms with Crippen molar-refractivity contribution in [2.45, 2.75) is 32.7 Å². The number of aryl methyl sites for hydroxylation is 1. The van der Waals surface area contributed by atoms with Crippen molar-refractivity contribution in [3.8, 4) is 5.69 Å². The molecule has 0 spiro atoms. The summed E-state index contributed by atoms with van der Waals surface area (Å²) in [5.41, 5.74) is 7.74. The Kier molecular flexibility index (Phi) is 6.08. The molecule has 136 valence electrons. The van der Waals surface area contributed by atoms with Gasteiger partial charge in [-0.3, -0.25) is 14.7 Å². The van der Waals surface area contributed by atoms with E-state index in [0.717, 1.165) is 18.4 Å². The maximum atomic E-state index is 12.8. The Morgan fingerprint density at radius 1 is 1.32 bits per heavy atom. The maximum Gasteiger partial charge on any atom is 0.272 e. The van der Waals surface area contributed by atoms with Crippen molar-refractivity contribution >= 4 is 18.3 Å². The molecule has 25 heavy (non-hydrogen) atoms. The first kappa shape index (κ1) is 19.3. The van der Waals surface area contributed by atoms with Gasteiger partial charge in [-0.1, -0.05) is 24.6 Å². The lowest BCUT2D eigenvalue weighted by Gasteiger charge is -2.37. The maximum absolute atomic E-state index is 12.8. The summed E-state index contributed by atoms with van der Waals surface area (Å²) in [6.45, 7) is 5.29. The first-order valence-corrected chi connectivity index (χ1v) is 8.39. The van der Waals surface area contributed by atoms with Crippen molar-refractivity contribution in [1.82, 2.24) is 14.7 Å². The van der Waals surface area contributed by atoms with E-state index in [0.29, 0.717) is 30.4 Å². The molecular weight excluding hydrogens is 340 g/mol. The fraction of sp³-hybridized carbons (Fsp3) is 0.444. The van der Waals surface area contributed by atoms with Gasteiger partial charge >= 0.3 is 0 Å². The van der Waals surface area contributed by atoms with Crippen LogP contribution >= 0.6 is 12.4 Å². The molecule has 1 saturated heterocycles. The number of rotatable bonds is 3. The Morgan fingerprint density at radius 2 is 2.00 bits per heavy atom. The van der Waals surface area contributed by atoms with E-state index in [-0.39, 0.29) is 29.9 Å². The Bertz CT molecular complexity index is 781. The number of amides is 1. The lowest BCUT2D eigenvalue weighted by molar-refractivity contribution is 0.0567. The van der Waals surface area contributed by atoms with Gasteiger partial charge in [-0.25, -0.2) is 4.68 Å². The lowest BCUT2D eigenvalue weighted by Crippen LogP contribution is -2.49. The number of carbonyl (C=O) groups is 1. The number of halogens is 1. The molecule has 1 aromatic heterocycles. The predicted octanol–water partition coefficient (Wildman–Crippen LogP) is 2.10. The summed E-state index contributed by atoms with van der Waals surface area (Å²) in [6.07, 6.45) is 1.87. The molecular formula is C18H25ClN4O2. The van der Waals surface area contributed by atoms with Crippen LogP contribution in [0.4, 0.5) is 0 Å². The van der Waals surface area contributed by atoms with Gasteiger partial charge in [0.25, 0.3) is 11.5 Å². The fourth-order valence-corrected chi connectivity index (χ4v) is 3.29. The van der Waals surface area contributed by atoms with Gasteiger partial charge in [0, 0.05) is 25.2 Å². The van der Waals surface area contributed by atoms with Crippen LogP contribution in [-0.4, -0.2) is 39.7 Å². The van der Waals surface area contributed by atoms with Gasteiger partial charge in [0.05, 0.1) is 5.69 Å². The van der Waals surface area contributed by atoms with Crippen molar-refractivity contribution in [2.75, 3.05) is 13.1 Å². The van der Waals surface area contributed by atoms with E-state index < -0.39 is 0 Å². The number of likely N-dealkylation sites (tertiary alicyclic amines) is 1. The summed E-state index contributed by atoms with van der Waals surface area (Å²) in [7, 11) is 0. The van der Waals surface area contributed by atoms with E-state index in [2.05, 4.69) is 12.0 Å². The van der Waals surface area contributed by atoms with Gasteiger partial charge < -0.3 is 10.6 Å². The fourth-order valence-electron chi connectivity index (χ4n) is 3.29. The minimum Gasteiger partial charge on any atom is -0.333 e. The van der Waals surface area contributed by atoms with E-state index in [1.54, 1.807) is 4.90 Å². The molecule has 0 radical (unpaired) electrons. The molecule has 0 aliphatic carbocycles. The van der Waals surface area contributed by atoms with Gasteiger partial charge in [-0.2, -0.15) is 0 Å². The monoisotopic (exact) mass is 364 g/mol. The highest BCUT2D eigenvalue weighted by Gasteiger charge is 2.30. The van der Waals surface area contributed by atoms with Gasteiger partial charge in [0.2, 0.25) is 0 Å². The van der Waals surface area contributed by atoms with Gasteiger partial charge in [0.15, 0.2) is 0 Å². The smallest absolute Gasteiger partial charge is 0.272 e. The average molecular weight is 365 g/mol. The highest BCUT2D eigenvalue weighted by atomic mass is 35.5. The van der Waals surface area contributed by atoms with Crippen LogP contribution in [0.3, 0.4) is 0 Å². The third-order valence-electron chi connectivity index (χ3n) is 4.75. The topological polar surface area (TPSA) is 84.1 Å². The number of hydrogen-bond acceptors (Lipinski definition) is 3. The normalized spacial score (nSPS) is 20.2. The van der Waals surface area contributed by atoms with E-state index >= 15 is 0 Å². The summed E-state index contributed by atoms with van der Waals surface area (Å²) >= 11 is 0. The number of aromatic amines is 1. The van der Waals surface area contributed by atoms with Gasteiger partial charge in [-0.15, -0.1) is 12.4 Å². The van der Waals surface area contributed by atoms with Crippen molar-refractivity contribution < 1.29 is 4.79 Å². The molecule has 0 saturated carbocycles. The summed E-state index contributed by atoms with van der Waals surface area (Å²) in [5, 5.41) is 2.94. The van der Waals surface area contributed by atoms with E-state index in [9.17, 15) is 9.59 Å². The molecule has 2 atom stereocenters. The Balaban J connectivity index is 0.00000225. The summed E-state index contributed by atoms with van der Waals surface area (Å²) < 4.78 is 1.40. The van der Waals surface area contributed by atoms with Crippen LogP contribution in [0.25, 0.3) is 5.69 Å². The molecule has 1 fully saturated rings. The van der Waals surface area contributed by atoms with E-state index in [1.807, 2.05) is 31.2 Å². The number of nitrogens with two attached hydrogens (primary N) is 1. The van der Waals surface area contributed by atoms with E-state index in [4.69, 9.17) is 5.73 Å². The molecule has 1 aliphatic rings. The summed E-state index contributed by atoms with van der Waals surface area (Å²) in [5.74, 6) is 0.416. The number of benzene rings is 1. The Labute approximate surface area is 153 Å². The number of piperidine rings is 1. The quantitative estimate of drug-likeness (QED) is 0.874. The van der Waals surface area contributed by atoms with Crippen LogP contribution in [0.1, 0.15) is 35.8 Å². The zero-order valence-corrected chi connectivity index (χ0v) is 15.4. The minimum atomic E-state index is -0.239. The molecule has 2 heterocycles. The average Bonchev–Trinajstić information content (AvgIpc) is 2.96. The molecule has 0 bridgehead atoms. The standard InChI is InChI=1S/C18H24N4O2.ClH/c1-12-3-5-14(6-4-12)22-17(23)10-16(20-22)18(24)21-8-7-13(2)9-15(21)11-19;/h3-6,10,13,15,20H,7-9,11,19H2,1-2H3;1H. The van der Waals surface area contributed by atoms with Crippen molar-refractivity contribution in [3.05, 3.63) is 51.9 Å². The first-order chi connectivity index (χ1) is 11.5. The second kappa shape index (κ2) is 7.89. The van der Waals surface area contributed by atoms with Crippen LogP contribution in [0.5, 0.6) is 0 Å². The predicted molar refractivity (Wildman–Crippen MR) is 101 cm³/mol. The lowest BCUT2D eigenvalue weighted by atomic mass is 9.92. The van der Waals surface area contributed by atoms with Crippen LogP contribution in [0.15, 0.2) is 35.1 Å². The van der Waals surface area contributed by atoms with Gasteiger partial charge in [-0.05, 0) is 37.8 Å². The molecule has 2 unspecified atom stereocenters. The second-order valence-electron chi connectivity index (χ2n) is 6.70. The van der Waals surface area contributed by atoms with Crippen LogP contribution in [0.2, 0.25) is 0 Å². The Hall–Kier alpha value is -2.05. The SMILES string of the molecule is Cc1ccc(-n2[nH]c(C(=O)N3CCC(C)CC3CN)cc2=O)cc1.Cl. The van der Waals surface area contributed by atoms with Crippen LogP contribution in [0, 0.1) is 12.8 Å². The molecule has 6 nitrogen and oxygen atoms in total. The van der Waals surface area contributed by atoms with Crippen molar-refractivity contribution in [2.24, 2.45) is 11.7 Å². The third-order valence-corrected chi connectivity index (χ3v) is 4.75. The number of aromatic nitrogens is 2. The number of nitrogens with zero attached hydrogens (tertiary/aromatic N) is 2. The van der Waals surface area contributed by atoms with Crippen molar-refractivity contribution in [3.63, 3.8) is 0 Å². The highest BCUT2D eigenvalue weighted by molar-refractivity contribution is 5.92. The van der Waals surface area contributed by atoms with Gasteiger partial charge in [0.1, 0.15) is 5.69 Å². The zero-order valence-electron chi connectivity index (χ0n) is 14.6. The van der Waals surface area contributed by atoms with Crippen LogP contribution in [-0.2, 0) is 0 Å². The summed E-state index contributed by atoms with van der Waals surface area (Å²) in [6, 6.07) is 8.97. The number of carbonyl (C=O) groups excluding carboxylic acids is 1. The zero-order chi connectivity index (χ0) is 17.3. The molecule has 1 aliphatic heterocycles. The number of nitrogens with one attached hydrogen (secondary N) is 1. The largest absolute Gasteiger partial charge is 0.333 e. The third kappa shape index (κ3) is 3.96. The number of hydrogen-bond donors (Lipinski definition) is 2. The van der Waals surface area contributed by atoms with E-state index in [1.165, 1.54) is 10.7 Å². The molecule has 3 rings (SSSR count).